The molecule has 2 saturated heterocycles. The Labute approximate surface area is 239 Å². The van der Waals surface area contributed by atoms with Crippen molar-refractivity contribution in [3.05, 3.63) is 65.8 Å². The minimum Gasteiger partial charge on any atom is -0.468 e. The van der Waals surface area contributed by atoms with Gasteiger partial charge in [-0.3, -0.25) is 4.90 Å². The van der Waals surface area contributed by atoms with E-state index in [-0.39, 0.29) is 25.0 Å². The second kappa shape index (κ2) is 10.5. The van der Waals surface area contributed by atoms with Crippen LogP contribution >= 0.6 is 11.6 Å². The number of rotatable bonds is 5. The zero-order chi connectivity index (χ0) is 28.0. The maximum Gasteiger partial charge on any atom is 0.410 e. The molecule has 1 aromatic heterocycles. The van der Waals surface area contributed by atoms with Crippen LogP contribution in [-0.2, 0) is 9.47 Å². The van der Waals surface area contributed by atoms with Gasteiger partial charge in [0.05, 0.1) is 12.1 Å². The lowest BCUT2D eigenvalue weighted by molar-refractivity contribution is 0.0123. The van der Waals surface area contributed by atoms with Gasteiger partial charge in [-0.1, -0.05) is 48.0 Å². The van der Waals surface area contributed by atoms with Crippen LogP contribution in [0.2, 0.25) is 5.15 Å². The van der Waals surface area contributed by atoms with Crippen LogP contribution in [0.25, 0.3) is 32.7 Å². The van der Waals surface area contributed by atoms with E-state index in [9.17, 15) is 4.79 Å². The predicted octanol–water partition coefficient (Wildman–Crippen LogP) is 7.28. The Bertz CT molecular complexity index is 1570. The molecule has 2 aliphatic heterocycles. The number of carbonyl (C=O) groups is 1. The van der Waals surface area contributed by atoms with Gasteiger partial charge in [0.2, 0.25) is 0 Å². The summed E-state index contributed by atoms with van der Waals surface area (Å²) in [5.74, 6) is 1.61. The monoisotopic (exact) mass is 559 g/mol. The van der Waals surface area contributed by atoms with Gasteiger partial charge in [0.1, 0.15) is 22.3 Å². The molecule has 3 aromatic carbocycles. The lowest BCUT2D eigenvalue weighted by atomic mass is 9.96. The molecule has 208 valence electrons. The first-order chi connectivity index (χ1) is 19.2. The summed E-state index contributed by atoms with van der Waals surface area (Å²) in [5, 5.41) is 4.74. The number of aromatic nitrogens is 1. The number of pyridine rings is 1. The molecule has 0 unspecified atom stereocenters. The van der Waals surface area contributed by atoms with Crippen LogP contribution in [0, 0.1) is 0 Å². The molecule has 1 amide bonds. The van der Waals surface area contributed by atoms with E-state index in [0.717, 1.165) is 57.1 Å². The van der Waals surface area contributed by atoms with Crippen molar-refractivity contribution < 1.29 is 19.0 Å². The molecule has 0 aliphatic carbocycles. The minimum atomic E-state index is -0.517. The van der Waals surface area contributed by atoms with Gasteiger partial charge in [0.15, 0.2) is 6.79 Å². The van der Waals surface area contributed by atoms with Gasteiger partial charge in [-0.25, -0.2) is 9.78 Å². The van der Waals surface area contributed by atoms with Gasteiger partial charge < -0.3 is 19.1 Å². The lowest BCUT2D eigenvalue weighted by Crippen LogP contribution is -2.57. The number of amides is 1. The van der Waals surface area contributed by atoms with E-state index in [1.807, 2.05) is 49.9 Å². The summed E-state index contributed by atoms with van der Waals surface area (Å²) in [5.41, 5.74) is 1.62. The molecular formula is C32H34ClN3O4. The zero-order valence-electron chi connectivity index (χ0n) is 23.3. The van der Waals surface area contributed by atoms with Crippen molar-refractivity contribution in [1.82, 2.24) is 9.88 Å². The number of benzene rings is 3. The summed E-state index contributed by atoms with van der Waals surface area (Å²) >= 11 is 6.60. The number of anilines is 1. The summed E-state index contributed by atoms with van der Waals surface area (Å²) in [6.07, 6.45) is 1.69. The van der Waals surface area contributed by atoms with E-state index in [0.29, 0.717) is 18.2 Å². The van der Waals surface area contributed by atoms with Crippen molar-refractivity contribution in [3.8, 4) is 16.9 Å². The SMILES string of the molecule is COCOc1cc(-c2ccc3c(N4C[C@H]5CC[C@@H](C4)N5C(=O)OC(C)(C)C)nc(Cl)cc3c2)c2ccccc2c1. The van der Waals surface area contributed by atoms with Crippen molar-refractivity contribution in [2.75, 3.05) is 31.9 Å². The summed E-state index contributed by atoms with van der Waals surface area (Å²) in [7, 11) is 1.61. The van der Waals surface area contributed by atoms with E-state index in [1.165, 1.54) is 0 Å². The highest BCUT2D eigenvalue weighted by Crippen LogP contribution is 2.39. The fraction of sp³-hybridized carbons (Fsp3) is 0.375. The molecule has 0 saturated carbocycles. The summed E-state index contributed by atoms with van der Waals surface area (Å²) in [4.78, 5) is 22.0. The molecule has 2 atom stereocenters. The average Bonchev–Trinajstić information content (AvgIpc) is 3.19. The van der Waals surface area contributed by atoms with Crippen molar-refractivity contribution >= 4 is 45.1 Å². The highest BCUT2D eigenvalue weighted by molar-refractivity contribution is 6.30. The highest BCUT2D eigenvalue weighted by Gasteiger charge is 2.44. The maximum absolute atomic E-state index is 13.0. The van der Waals surface area contributed by atoms with Gasteiger partial charge in [0.25, 0.3) is 0 Å². The van der Waals surface area contributed by atoms with Crippen LogP contribution in [0.15, 0.2) is 60.7 Å². The number of methoxy groups -OCH3 is 1. The highest BCUT2D eigenvalue weighted by atomic mass is 35.5. The van der Waals surface area contributed by atoms with E-state index in [1.54, 1.807) is 7.11 Å². The van der Waals surface area contributed by atoms with E-state index in [2.05, 4.69) is 41.3 Å². The topological polar surface area (TPSA) is 64.1 Å². The van der Waals surface area contributed by atoms with Crippen LogP contribution in [0.4, 0.5) is 10.6 Å². The molecule has 2 fully saturated rings. The van der Waals surface area contributed by atoms with E-state index in [4.69, 9.17) is 30.8 Å². The average molecular weight is 560 g/mol. The number of hydrogen-bond acceptors (Lipinski definition) is 6. The molecule has 0 radical (unpaired) electrons. The van der Waals surface area contributed by atoms with Crippen LogP contribution < -0.4 is 9.64 Å². The van der Waals surface area contributed by atoms with Gasteiger partial charge in [-0.05, 0) is 85.2 Å². The van der Waals surface area contributed by atoms with Crippen LogP contribution in [0.3, 0.4) is 0 Å². The first kappa shape index (κ1) is 26.7. The fourth-order valence-corrected chi connectivity index (χ4v) is 6.23. The predicted molar refractivity (Wildman–Crippen MR) is 159 cm³/mol. The van der Waals surface area contributed by atoms with Crippen molar-refractivity contribution in [1.29, 1.82) is 0 Å². The number of hydrogen-bond donors (Lipinski definition) is 0. The third-order valence-electron chi connectivity index (χ3n) is 7.66. The smallest absolute Gasteiger partial charge is 0.410 e. The van der Waals surface area contributed by atoms with Gasteiger partial charge in [-0.2, -0.15) is 0 Å². The summed E-state index contributed by atoms with van der Waals surface area (Å²) in [6.45, 7) is 7.30. The van der Waals surface area contributed by atoms with E-state index >= 15 is 0 Å². The first-order valence-corrected chi connectivity index (χ1v) is 14.1. The lowest BCUT2D eigenvalue weighted by Gasteiger charge is -2.42. The Morgan fingerprint density at radius 2 is 1.73 bits per heavy atom. The fourth-order valence-electron chi connectivity index (χ4n) is 6.04. The number of nitrogens with zero attached hydrogens (tertiary/aromatic N) is 3. The molecule has 4 aromatic rings. The van der Waals surface area contributed by atoms with Crippen LogP contribution in [-0.4, -0.2) is 60.7 Å². The molecule has 8 heteroatoms. The number of piperazine rings is 1. The number of halogens is 1. The molecule has 2 aliphatic rings. The van der Waals surface area contributed by atoms with Crippen LogP contribution in [0.1, 0.15) is 33.6 Å². The molecule has 7 nitrogen and oxygen atoms in total. The minimum absolute atomic E-state index is 0.0879. The molecular weight excluding hydrogens is 526 g/mol. The molecule has 6 rings (SSSR count). The van der Waals surface area contributed by atoms with Crippen molar-refractivity contribution in [2.24, 2.45) is 0 Å². The van der Waals surface area contributed by atoms with Crippen LogP contribution in [0.5, 0.6) is 5.75 Å². The quantitative estimate of drug-likeness (QED) is 0.189. The second-order valence-corrected chi connectivity index (χ2v) is 12.0. The normalized spacial score (nSPS) is 18.9. The maximum atomic E-state index is 13.0. The largest absolute Gasteiger partial charge is 0.468 e. The Hall–Kier alpha value is -3.55. The van der Waals surface area contributed by atoms with Crippen molar-refractivity contribution in [3.63, 3.8) is 0 Å². The molecule has 3 heterocycles. The zero-order valence-corrected chi connectivity index (χ0v) is 24.1. The van der Waals surface area contributed by atoms with Gasteiger partial charge >= 0.3 is 6.09 Å². The number of ether oxygens (including phenoxy) is 3. The number of carbonyl (C=O) groups excluding carboxylic acids is 1. The number of fused-ring (bicyclic) bond motifs is 4. The van der Waals surface area contributed by atoms with Gasteiger partial charge in [0, 0.05) is 25.6 Å². The molecule has 40 heavy (non-hydrogen) atoms. The summed E-state index contributed by atoms with van der Waals surface area (Å²) in [6, 6.07) is 20.9. The Balaban J connectivity index is 1.35. The standard InChI is InChI=1S/C32H34ClN3O4/c1-32(2,3)40-31(37)36-23-10-11-24(36)18-35(17-23)30-27-12-9-21(13-22(27)15-29(33)34-30)28-16-25(39-19-38-4)14-20-7-5-6-8-26(20)28/h5-9,12-16,23-24H,10-11,17-19H2,1-4H3/t23-,24+. The molecule has 0 spiro atoms. The second-order valence-electron chi connectivity index (χ2n) is 11.6. The Morgan fingerprint density at radius 1 is 0.975 bits per heavy atom. The molecule has 2 bridgehead atoms. The third-order valence-corrected chi connectivity index (χ3v) is 7.85. The Kier molecular flexibility index (Phi) is 6.97. The van der Waals surface area contributed by atoms with E-state index < -0.39 is 5.60 Å². The Morgan fingerprint density at radius 3 is 2.45 bits per heavy atom. The van der Waals surface area contributed by atoms with Gasteiger partial charge in [-0.15, -0.1) is 0 Å². The first-order valence-electron chi connectivity index (χ1n) is 13.7. The third kappa shape index (κ3) is 5.16. The van der Waals surface area contributed by atoms with Crippen molar-refractivity contribution in [2.45, 2.75) is 51.3 Å². The summed E-state index contributed by atoms with van der Waals surface area (Å²) < 4.78 is 16.7. The molecule has 0 N–H and O–H groups in total.